The van der Waals surface area contributed by atoms with Crippen molar-refractivity contribution >= 4 is 16.2 Å². The first-order valence-corrected chi connectivity index (χ1v) is 7.89. The number of benzene rings is 2. The summed E-state index contributed by atoms with van der Waals surface area (Å²) in [5.74, 6) is 0.992. The van der Waals surface area contributed by atoms with Crippen LogP contribution in [0.15, 0.2) is 59.2 Å². The second kappa shape index (κ2) is 5.26. The van der Waals surface area contributed by atoms with Crippen molar-refractivity contribution < 1.29 is 17.3 Å². The van der Waals surface area contributed by atoms with Crippen LogP contribution in [0.5, 0.6) is 5.75 Å². The standard InChI is InChI=1S/C16H14O4S/c1-12-6-8-15(9-7-12)21(17,18)20-14-10-13-4-2-3-5-16(13)19-11-14/h2-10H,11H2,1H3. The molecule has 1 aliphatic rings. The topological polar surface area (TPSA) is 52.6 Å². The van der Waals surface area contributed by atoms with Gasteiger partial charge in [0.05, 0.1) is 0 Å². The Morgan fingerprint density at radius 3 is 2.52 bits per heavy atom. The van der Waals surface area contributed by atoms with Gasteiger partial charge in [0.2, 0.25) is 0 Å². The van der Waals surface area contributed by atoms with Crippen LogP contribution >= 0.6 is 0 Å². The molecule has 0 unspecified atom stereocenters. The lowest BCUT2D eigenvalue weighted by atomic mass is 10.1. The van der Waals surface area contributed by atoms with Gasteiger partial charge >= 0.3 is 10.1 Å². The minimum Gasteiger partial charge on any atom is -0.485 e. The highest BCUT2D eigenvalue weighted by molar-refractivity contribution is 7.86. The van der Waals surface area contributed by atoms with Gasteiger partial charge in [-0.15, -0.1) is 0 Å². The zero-order valence-electron chi connectivity index (χ0n) is 11.4. The second-order valence-electron chi connectivity index (χ2n) is 4.79. The van der Waals surface area contributed by atoms with Crippen molar-refractivity contribution in [2.45, 2.75) is 11.8 Å². The molecule has 0 aliphatic carbocycles. The molecule has 0 radical (unpaired) electrons. The molecule has 2 aromatic rings. The third kappa shape index (κ3) is 2.92. The van der Waals surface area contributed by atoms with Crippen molar-refractivity contribution in [1.29, 1.82) is 0 Å². The monoisotopic (exact) mass is 302 g/mol. The van der Waals surface area contributed by atoms with Gasteiger partial charge in [0.1, 0.15) is 17.3 Å². The van der Waals surface area contributed by atoms with Crippen molar-refractivity contribution in [3.63, 3.8) is 0 Å². The summed E-state index contributed by atoms with van der Waals surface area (Å²) in [6, 6.07) is 13.9. The number of hydrogen-bond donors (Lipinski definition) is 0. The second-order valence-corrected chi connectivity index (χ2v) is 6.33. The fourth-order valence-electron chi connectivity index (χ4n) is 2.04. The number of rotatable bonds is 3. The number of para-hydroxylation sites is 1. The number of fused-ring (bicyclic) bond motifs is 1. The summed E-state index contributed by atoms with van der Waals surface area (Å²) in [7, 11) is -3.83. The summed E-state index contributed by atoms with van der Waals surface area (Å²) in [5, 5.41) is 0. The van der Waals surface area contributed by atoms with E-state index in [-0.39, 0.29) is 17.3 Å². The number of hydrogen-bond acceptors (Lipinski definition) is 4. The van der Waals surface area contributed by atoms with Gasteiger partial charge in [0.25, 0.3) is 0 Å². The van der Waals surface area contributed by atoms with Crippen LogP contribution in [0.25, 0.3) is 6.08 Å². The Balaban J connectivity index is 1.87. The van der Waals surface area contributed by atoms with E-state index in [1.807, 2.05) is 31.2 Å². The molecule has 0 atom stereocenters. The Bertz CT molecular complexity index is 789. The van der Waals surface area contributed by atoms with E-state index in [4.69, 9.17) is 8.92 Å². The normalized spacial score (nSPS) is 13.9. The van der Waals surface area contributed by atoms with Crippen LogP contribution in [0.4, 0.5) is 0 Å². The molecular weight excluding hydrogens is 288 g/mol. The van der Waals surface area contributed by atoms with E-state index in [1.165, 1.54) is 12.1 Å². The quantitative estimate of drug-likeness (QED) is 0.817. The summed E-state index contributed by atoms with van der Waals surface area (Å²) in [4.78, 5) is 0.132. The van der Waals surface area contributed by atoms with E-state index in [1.54, 1.807) is 18.2 Å². The summed E-state index contributed by atoms with van der Waals surface area (Å²) in [5.41, 5.74) is 1.79. The lowest BCUT2D eigenvalue weighted by Gasteiger charge is -2.18. The highest BCUT2D eigenvalue weighted by Gasteiger charge is 2.20. The van der Waals surface area contributed by atoms with Gasteiger partial charge < -0.3 is 8.92 Å². The average Bonchev–Trinajstić information content (AvgIpc) is 2.47. The molecule has 3 rings (SSSR count). The molecule has 21 heavy (non-hydrogen) atoms. The van der Waals surface area contributed by atoms with Crippen LogP contribution in [0.2, 0.25) is 0 Å². The van der Waals surface area contributed by atoms with Crippen LogP contribution < -0.4 is 4.74 Å². The lowest BCUT2D eigenvalue weighted by molar-refractivity contribution is 0.278. The third-order valence-electron chi connectivity index (χ3n) is 3.13. The number of aryl methyl sites for hydroxylation is 1. The summed E-state index contributed by atoms with van der Waals surface area (Å²) in [6.45, 7) is 1.99. The maximum absolute atomic E-state index is 12.2. The van der Waals surface area contributed by atoms with E-state index in [2.05, 4.69) is 0 Å². The van der Waals surface area contributed by atoms with Crippen LogP contribution in [-0.2, 0) is 14.3 Å². The maximum atomic E-state index is 12.2. The van der Waals surface area contributed by atoms with Gasteiger partial charge in [-0.05, 0) is 31.2 Å². The zero-order valence-corrected chi connectivity index (χ0v) is 12.3. The van der Waals surface area contributed by atoms with Gasteiger partial charge in [-0.2, -0.15) is 8.42 Å². The van der Waals surface area contributed by atoms with E-state index < -0.39 is 10.1 Å². The van der Waals surface area contributed by atoms with Crippen molar-refractivity contribution in [3.8, 4) is 5.75 Å². The van der Waals surface area contributed by atoms with Crippen LogP contribution in [-0.4, -0.2) is 15.0 Å². The Morgan fingerprint density at radius 1 is 1.05 bits per heavy atom. The molecular formula is C16H14O4S. The van der Waals surface area contributed by atoms with Gasteiger partial charge in [0.15, 0.2) is 5.76 Å². The van der Waals surface area contributed by atoms with Crippen molar-refractivity contribution in [2.24, 2.45) is 0 Å². The molecule has 0 spiro atoms. The van der Waals surface area contributed by atoms with Gasteiger partial charge in [-0.1, -0.05) is 35.9 Å². The summed E-state index contributed by atoms with van der Waals surface area (Å²) in [6.07, 6.45) is 1.69. The molecule has 2 aromatic carbocycles. The molecule has 0 bridgehead atoms. The minimum absolute atomic E-state index is 0.0993. The van der Waals surface area contributed by atoms with Crippen LogP contribution in [0.1, 0.15) is 11.1 Å². The zero-order chi connectivity index (χ0) is 14.9. The third-order valence-corrected chi connectivity index (χ3v) is 4.41. The van der Waals surface area contributed by atoms with Crippen LogP contribution in [0.3, 0.4) is 0 Å². The first-order chi connectivity index (χ1) is 10.0. The van der Waals surface area contributed by atoms with Crippen molar-refractivity contribution in [2.75, 3.05) is 6.61 Å². The molecule has 1 aliphatic heterocycles. The van der Waals surface area contributed by atoms with E-state index in [0.29, 0.717) is 0 Å². The molecule has 0 saturated heterocycles. The Hall–Kier alpha value is -2.27. The highest BCUT2D eigenvalue weighted by Crippen LogP contribution is 2.28. The minimum atomic E-state index is -3.83. The molecule has 0 saturated carbocycles. The predicted octanol–water partition coefficient (Wildman–Crippen LogP) is 3.13. The molecule has 4 nitrogen and oxygen atoms in total. The molecule has 0 N–H and O–H groups in total. The van der Waals surface area contributed by atoms with Gasteiger partial charge in [-0.3, -0.25) is 0 Å². The van der Waals surface area contributed by atoms with E-state index in [9.17, 15) is 8.42 Å². The molecule has 108 valence electrons. The first-order valence-electron chi connectivity index (χ1n) is 6.48. The molecule has 0 amide bonds. The van der Waals surface area contributed by atoms with Crippen molar-refractivity contribution in [3.05, 3.63) is 65.4 Å². The average molecular weight is 302 g/mol. The fraction of sp³-hybridized carbons (Fsp3) is 0.125. The SMILES string of the molecule is Cc1ccc(S(=O)(=O)OC2=Cc3ccccc3OC2)cc1. The smallest absolute Gasteiger partial charge is 0.339 e. The summed E-state index contributed by atoms with van der Waals surface area (Å²) < 4.78 is 35.1. The van der Waals surface area contributed by atoms with Gasteiger partial charge in [0, 0.05) is 5.56 Å². The molecule has 1 heterocycles. The van der Waals surface area contributed by atoms with E-state index >= 15 is 0 Å². The summed E-state index contributed by atoms with van der Waals surface area (Å²) >= 11 is 0. The van der Waals surface area contributed by atoms with Crippen LogP contribution in [0, 0.1) is 6.92 Å². The Kier molecular flexibility index (Phi) is 3.43. The lowest BCUT2D eigenvalue weighted by Crippen LogP contribution is -2.14. The fourth-order valence-corrected chi connectivity index (χ4v) is 2.98. The number of ether oxygens (including phenoxy) is 1. The Morgan fingerprint density at radius 2 is 1.76 bits per heavy atom. The Labute approximate surface area is 123 Å². The van der Waals surface area contributed by atoms with Gasteiger partial charge in [-0.25, -0.2) is 0 Å². The van der Waals surface area contributed by atoms with E-state index in [0.717, 1.165) is 16.9 Å². The molecule has 0 fully saturated rings. The highest BCUT2D eigenvalue weighted by atomic mass is 32.2. The molecule has 5 heteroatoms. The first kappa shape index (κ1) is 13.7. The van der Waals surface area contributed by atoms with Crippen molar-refractivity contribution in [1.82, 2.24) is 0 Å². The largest absolute Gasteiger partial charge is 0.485 e. The predicted molar refractivity (Wildman–Crippen MR) is 79.4 cm³/mol. The molecule has 0 aromatic heterocycles. The maximum Gasteiger partial charge on any atom is 0.339 e.